The fourth-order valence-corrected chi connectivity index (χ4v) is 2.19. The van der Waals surface area contributed by atoms with E-state index in [2.05, 4.69) is 15.4 Å². The molecule has 0 aliphatic heterocycles. The molecule has 0 unspecified atom stereocenters. The largest absolute Gasteiger partial charge is 0.465 e. The highest BCUT2D eigenvalue weighted by molar-refractivity contribution is 5.91. The van der Waals surface area contributed by atoms with Crippen LogP contribution >= 0.6 is 0 Å². The highest BCUT2D eigenvalue weighted by Gasteiger charge is 2.06. The molecule has 5 heteroatoms. The zero-order valence-corrected chi connectivity index (χ0v) is 14.1. The number of anilines is 3. The fraction of sp³-hybridized carbons (Fsp3) is 0.263. The molecule has 0 bridgehead atoms. The molecule has 0 aliphatic carbocycles. The minimum atomic E-state index is -0.358. The molecule has 0 heterocycles. The first-order valence-corrected chi connectivity index (χ1v) is 7.83. The van der Waals surface area contributed by atoms with Crippen LogP contribution in [0.1, 0.15) is 30.6 Å². The van der Waals surface area contributed by atoms with Crippen molar-refractivity contribution in [3.8, 4) is 0 Å². The van der Waals surface area contributed by atoms with Crippen molar-refractivity contribution in [1.29, 1.82) is 0 Å². The summed E-state index contributed by atoms with van der Waals surface area (Å²) in [5, 5.41) is 6.11. The maximum atomic E-state index is 11.7. The van der Waals surface area contributed by atoms with Gasteiger partial charge in [-0.3, -0.25) is 4.79 Å². The van der Waals surface area contributed by atoms with Crippen LogP contribution in [0.25, 0.3) is 0 Å². The third-order valence-electron chi connectivity index (χ3n) is 3.36. The molecule has 2 aromatic rings. The number of nitrogens with one attached hydrogen (secondary N) is 2. The smallest absolute Gasteiger partial charge is 0.337 e. The maximum Gasteiger partial charge on any atom is 0.337 e. The van der Waals surface area contributed by atoms with Crippen molar-refractivity contribution in [3.63, 3.8) is 0 Å². The van der Waals surface area contributed by atoms with E-state index in [0.717, 1.165) is 17.1 Å². The van der Waals surface area contributed by atoms with E-state index in [9.17, 15) is 9.59 Å². The van der Waals surface area contributed by atoms with Gasteiger partial charge in [-0.05, 0) is 54.4 Å². The topological polar surface area (TPSA) is 67.4 Å². The van der Waals surface area contributed by atoms with Crippen molar-refractivity contribution in [3.05, 3.63) is 54.1 Å². The van der Waals surface area contributed by atoms with Crippen LogP contribution in [0.3, 0.4) is 0 Å². The summed E-state index contributed by atoms with van der Waals surface area (Å²) in [7, 11) is 1.36. The van der Waals surface area contributed by atoms with Crippen LogP contribution in [-0.4, -0.2) is 19.0 Å². The van der Waals surface area contributed by atoms with Crippen molar-refractivity contribution < 1.29 is 14.3 Å². The van der Waals surface area contributed by atoms with Gasteiger partial charge in [0.15, 0.2) is 0 Å². The normalized spacial score (nSPS) is 10.3. The lowest BCUT2D eigenvalue weighted by molar-refractivity contribution is -0.116. The molecule has 0 saturated heterocycles. The summed E-state index contributed by atoms with van der Waals surface area (Å²) < 4.78 is 4.67. The number of benzene rings is 2. The Kier molecular flexibility index (Phi) is 5.95. The third kappa shape index (κ3) is 5.12. The first-order valence-electron chi connectivity index (χ1n) is 7.83. The van der Waals surface area contributed by atoms with Gasteiger partial charge in [0.1, 0.15) is 0 Å². The molecule has 0 atom stereocenters. The Labute approximate surface area is 142 Å². The lowest BCUT2D eigenvalue weighted by Gasteiger charge is -2.10. The number of hydrogen-bond donors (Lipinski definition) is 2. The van der Waals surface area contributed by atoms with E-state index in [-0.39, 0.29) is 11.9 Å². The van der Waals surface area contributed by atoms with E-state index in [1.165, 1.54) is 7.11 Å². The average molecular weight is 326 g/mol. The van der Waals surface area contributed by atoms with E-state index in [1.54, 1.807) is 12.1 Å². The molecule has 2 N–H and O–H groups in total. The molecule has 2 aromatic carbocycles. The second-order valence-electron chi connectivity index (χ2n) is 5.92. The van der Waals surface area contributed by atoms with E-state index in [4.69, 9.17) is 0 Å². The fourth-order valence-electron chi connectivity index (χ4n) is 2.19. The molecule has 24 heavy (non-hydrogen) atoms. The molecular weight excluding hydrogens is 304 g/mol. The molecule has 0 aromatic heterocycles. The number of methoxy groups -OCH3 is 1. The van der Waals surface area contributed by atoms with Gasteiger partial charge in [-0.25, -0.2) is 4.79 Å². The molecular formula is C19H22N2O3. The zero-order chi connectivity index (χ0) is 17.5. The first kappa shape index (κ1) is 17.5. The lowest BCUT2D eigenvalue weighted by Crippen LogP contribution is -2.13. The minimum Gasteiger partial charge on any atom is -0.465 e. The van der Waals surface area contributed by atoms with Crippen LogP contribution in [0.5, 0.6) is 0 Å². The number of ether oxygens (including phenoxy) is 1. The Hall–Kier alpha value is -2.82. The van der Waals surface area contributed by atoms with E-state index in [0.29, 0.717) is 17.9 Å². The Morgan fingerprint density at radius 1 is 0.917 bits per heavy atom. The Morgan fingerprint density at radius 2 is 1.42 bits per heavy atom. The van der Waals surface area contributed by atoms with Crippen LogP contribution in [0, 0.1) is 5.92 Å². The van der Waals surface area contributed by atoms with Gasteiger partial charge in [0.25, 0.3) is 0 Å². The summed E-state index contributed by atoms with van der Waals surface area (Å²) in [5.74, 6) is -0.00829. The first-order chi connectivity index (χ1) is 11.5. The number of carbonyl (C=O) groups excluding carboxylic acids is 2. The molecule has 1 amide bonds. The van der Waals surface area contributed by atoms with E-state index in [1.807, 2.05) is 50.2 Å². The van der Waals surface area contributed by atoms with Crippen LogP contribution in [0.2, 0.25) is 0 Å². The minimum absolute atomic E-state index is 0.0177. The van der Waals surface area contributed by atoms with Gasteiger partial charge >= 0.3 is 5.97 Å². The summed E-state index contributed by atoms with van der Waals surface area (Å²) in [6.07, 6.45) is 0.506. The average Bonchev–Trinajstić information content (AvgIpc) is 2.56. The number of amides is 1. The van der Waals surface area contributed by atoms with Crippen LogP contribution < -0.4 is 10.6 Å². The van der Waals surface area contributed by atoms with Gasteiger partial charge < -0.3 is 15.4 Å². The van der Waals surface area contributed by atoms with Crippen LogP contribution in [0.4, 0.5) is 17.1 Å². The number of rotatable bonds is 6. The predicted molar refractivity (Wildman–Crippen MR) is 95.6 cm³/mol. The van der Waals surface area contributed by atoms with Crippen molar-refractivity contribution in [2.24, 2.45) is 5.92 Å². The molecule has 0 radical (unpaired) electrons. The molecule has 126 valence electrons. The maximum absolute atomic E-state index is 11.7. The highest BCUT2D eigenvalue weighted by Crippen LogP contribution is 2.20. The second-order valence-corrected chi connectivity index (χ2v) is 5.92. The molecule has 0 saturated carbocycles. The van der Waals surface area contributed by atoms with Crippen molar-refractivity contribution in [1.82, 2.24) is 0 Å². The standard InChI is InChI=1S/C19H22N2O3/c1-13(2)12-18(22)21-17-10-8-16(9-11-17)20-15-6-4-14(5-7-15)19(23)24-3/h4-11,13,20H,12H2,1-3H3,(H,21,22). The van der Waals surface area contributed by atoms with Gasteiger partial charge in [0, 0.05) is 23.5 Å². The van der Waals surface area contributed by atoms with Crippen molar-refractivity contribution in [2.45, 2.75) is 20.3 Å². The summed E-state index contributed by atoms with van der Waals surface area (Å²) >= 11 is 0. The van der Waals surface area contributed by atoms with E-state index < -0.39 is 0 Å². The second kappa shape index (κ2) is 8.15. The molecule has 0 spiro atoms. The van der Waals surface area contributed by atoms with Gasteiger partial charge in [-0.2, -0.15) is 0 Å². The summed E-state index contributed by atoms with van der Waals surface area (Å²) in [5.41, 5.74) is 3.03. The lowest BCUT2D eigenvalue weighted by atomic mass is 10.1. The number of esters is 1. The summed E-state index contributed by atoms with van der Waals surface area (Å²) in [4.78, 5) is 23.1. The molecule has 5 nitrogen and oxygen atoms in total. The summed E-state index contributed by atoms with van der Waals surface area (Å²) in [6, 6.07) is 14.5. The van der Waals surface area contributed by atoms with Crippen LogP contribution in [-0.2, 0) is 9.53 Å². The van der Waals surface area contributed by atoms with Gasteiger partial charge in [0.05, 0.1) is 12.7 Å². The quantitative estimate of drug-likeness (QED) is 0.781. The van der Waals surface area contributed by atoms with Gasteiger partial charge in [-0.1, -0.05) is 13.8 Å². The Balaban J connectivity index is 1.96. The van der Waals surface area contributed by atoms with Crippen molar-refractivity contribution in [2.75, 3.05) is 17.7 Å². The van der Waals surface area contributed by atoms with Crippen molar-refractivity contribution >= 4 is 28.9 Å². The molecule has 0 aliphatic rings. The highest BCUT2D eigenvalue weighted by atomic mass is 16.5. The SMILES string of the molecule is COC(=O)c1ccc(Nc2ccc(NC(=O)CC(C)C)cc2)cc1. The Morgan fingerprint density at radius 3 is 1.92 bits per heavy atom. The predicted octanol–water partition coefficient (Wildman–Crippen LogP) is 4.20. The third-order valence-corrected chi connectivity index (χ3v) is 3.36. The molecule has 0 fully saturated rings. The number of hydrogen-bond acceptors (Lipinski definition) is 4. The van der Waals surface area contributed by atoms with Gasteiger partial charge in [0.2, 0.25) is 5.91 Å². The van der Waals surface area contributed by atoms with Crippen LogP contribution in [0.15, 0.2) is 48.5 Å². The zero-order valence-electron chi connectivity index (χ0n) is 14.1. The van der Waals surface area contributed by atoms with Gasteiger partial charge in [-0.15, -0.1) is 0 Å². The monoisotopic (exact) mass is 326 g/mol. The van der Waals surface area contributed by atoms with E-state index >= 15 is 0 Å². The summed E-state index contributed by atoms with van der Waals surface area (Å²) in [6.45, 7) is 4.02. The molecule has 2 rings (SSSR count). The number of carbonyl (C=O) groups is 2. The Bertz CT molecular complexity index is 692.